The van der Waals surface area contributed by atoms with Crippen LogP contribution in [0.5, 0.6) is 0 Å². The summed E-state index contributed by atoms with van der Waals surface area (Å²) in [4.78, 5) is 3.29. The predicted molar refractivity (Wildman–Crippen MR) is 79.5 cm³/mol. The molecule has 1 aromatic carbocycles. The number of rotatable bonds is 3. The van der Waals surface area contributed by atoms with Crippen molar-refractivity contribution in [2.45, 2.75) is 13.5 Å². The molecular formula is C17H17N2+. The summed E-state index contributed by atoms with van der Waals surface area (Å²) in [5.41, 5.74) is 3.62. The van der Waals surface area contributed by atoms with Crippen molar-refractivity contribution in [3.63, 3.8) is 0 Å². The number of H-pyrrole nitrogens is 1. The van der Waals surface area contributed by atoms with Gasteiger partial charge in [0.15, 0.2) is 12.4 Å². The lowest BCUT2D eigenvalue weighted by atomic mass is 10.1. The summed E-state index contributed by atoms with van der Waals surface area (Å²) < 4.78 is 2.16. The average molecular weight is 249 g/mol. The molecule has 0 aliphatic rings. The number of pyridine rings is 1. The fourth-order valence-corrected chi connectivity index (χ4v) is 2.21. The van der Waals surface area contributed by atoms with Crippen LogP contribution < -0.4 is 4.57 Å². The number of para-hydroxylation sites is 1. The van der Waals surface area contributed by atoms with Crippen LogP contribution in [0, 0.1) is 0 Å². The maximum absolute atomic E-state index is 3.29. The highest BCUT2D eigenvalue weighted by Gasteiger charge is 1.99. The minimum absolute atomic E-state index is 1.01. The summed E-state index contributed by atoms with van der Waals surface area (Å²) in [7, 11) is 0. The monoisotopic (exact) mass is 249 g/mol. The van der Waals surface area contributed by atoms with Gasteiger partial charge in [0.1, 0.15) is 6.54 Å². The SMILES string of the molecule is CC[n+]1ccc(/C=C/c2c[nH]c3ccccc23)cc1. The molecule has 2 aromatic heterocycles. The van der Waals surface area contributed by atoms with Crippen LogP contribution >= 0.6 is 0 Å². The van der Waals surface area contributed by atoms with Crippen LogP contribution in [0.3, 0.4) is 0 Å². The molecule has 0 unspecified atom stereocenters. The predicted octanol–water partition coefficient (Wildman–Crippen LogP) is 3.65. The second-order valence-corrected chi connectivity index (χ2v) is 4.58. The van der Waals surface area contributed by atoms with Gasteiger partial charge in [-0.3, -0.25) is 0 Å². The van der Waals surface area contributed by atoms with Crippen molar-refractivity contribution < 1.29 is 4.57 Å². The van der Waals surface area contributed by atoms with Gasteiger partial charge < -0.3 is 4.98 Å². The number of hydrogen-bond donors (Lipinski definition) is 1. The lowest BCUT2D eigenvalue weighted by Crippen LogP contribution is -2.30. The van der Waals surface area contributed by atoms with E-state index in [1.54, 1.807) is 0 Å². The molecule has 0 radical (unpaired) electrons. The number of aryl methyl sites for hydroxylation is 1. The molecule has 0 aliphatic heterocycles. The zero-order chi connectivity index (χ0) is 13.1. The lowest BCUT2D eigenvalue weighted by molar-refractivity contribution is -0.693. The van der Waals surface area contributed by atoms with Crippen LogP contribution in [0.25, 0.3) is 23.1 Å². The number of nitrogens with one attached hydrogen (secondary N) is 1. The molecule has 0 spiro atoms. The van der Waals surface area contributed by atoms with Gasteiger partial charge in [-0.05, 0) is 24.1 Å². The Balaban J connectivity index is 1.89. The lowest BCUT2D eigenvalue weighted by Gasteiger charge is -1.94. The Morgan fingerprint density at radius 2 is 1.84 bits per heavy atom. The molecule has 0 fully saturated rings. The molecule has 0 aliphatic carbocycles. The first-order valence-corrected chi connectivity index (χ1v) is 6.60. The third kappa shape index (κ3) is 2.43. The maximum Gasteiger partial charge on any atom is 0.169 e. The summed E-state index contributed by atoms with van der Waals surface area (Å²) in [5.74, 6) is 0. The summed E-state index contributed by atoms with van der Waals surface area (Å²) in [6.45, 7) is 3.15. The first kappa shape index (κ1) is 11.7. The summed E-state index contributed by atoms with van der Waals surface area (Å²) in [6, 6.07) is 12.6. The minimum Gasteiger partial charge on any atom is -0.361 e. The Morgan fingerprint density at radius 1 is 1.05 bits per heavy atom. The molecule has 2 nitrogen and oxygen atoms in total. The van der Waals surface area contributed by atoms with Gasteiger partial charge in [0, 0.05) is 29.2 Å². The Hall–Kier alpha value is -2.35. The second kappa shape index (κ2) is 5.11. The number of hydrogen-bond acceptors (Lipinski definition) is 0. The van der Waals surface area contributed by atoms with Crippen molar-refractivity contribution >= 4 is 23.1 Å². The minimum atomic E-state index is 1.01. The highest BCUT2D eigenvalue weighted by molar-refractivity contribution is 5.91. The highest BCUT2D eigenvalue weighted by atomic mass is 14.9. The Morgan fingerprint density at radius 3 is 2.63 bits per heavy atom. The van der Waals surface area contributed by atoms with Gasteiger partial charge in [0.05, 0.1) is 0 Å². The van der Waals surface area contributed by atoms with Gasteiger partial charge >= 0.3 is 0 Å². The van der Waals surface area contributed by atoms with Crippen LogP contribution in [-0.2, 0) is 6.54 Å². The quantitative estimate of drug-likeness (QED) is 0.684. The molecule has 94 valence electrons. The van der Waals surface area contributed by atoms with E-state index in [2.05, 4.69) is 77.5 Å². The first-order valence-electron chi connectivity index (χ1n) is 6.60. The molecule has 0 bridgehead atoms. The fraction of sp³-hybridized carbons (Fsp3) is 0.118. The molecule has 3 rings (SSSR count). The van der Waals surface area contributed by atoms with Crippen molar-refractivity contribution in [3.05, 3.63) is 66.1 Å². The van der Waals surface area contributed by atoms with E-state index in [0.717, 1.165) is 6.54 Å². The summed E-state index contributed by atoms with van der Waals surface area (Å²) >= 11 is 0. The summed E-state index contributed by atoms with van der Waals surface area (Å²) in [6.07, 6.45) is 10.6. The average Bonchev–Trinajstić information content (AvgIpc) is 2.89. The first-order chi connectivity index (χ1) is 9.36. The molecule has 2 heteroatoms. The third-order valence-corrected chi connectivity index (χ3v) is 3.36. The zero-order valence-corrected chi connectivity index (χ0v) is 11.0. The van der Waals surface area contributed by atoms with Gasteiger partial charge in [0.25, 0.3) is 0 Å². The number of aromatic amines is 1. The fourth-order valence-electron chi connectivity index (χ4n) is 2.21. The number of benzene rings is 1. The van der Waals surface area contributed by atoms with E-state index in [-0.39, 0.29) is 0 Å². The standard InChI is InChI=1S/C17H16N2/c1-2-19-11-9-14(10-12-19)7-8-15-13-18-17-6-4-3-5-16(15)17/h3-13H,2H2,1H3/p+1. The van der Waals surface area contributed by atoms with Crippen LogP contribution in [0.4, 0.5) is 0 Å². The number of fused-ring (bicyclic) bond motifs is 1. The van der Waals surface area contributed by atoms with E-state index in [0.29, 0.717) is 0 Å². The second-order valence-electron chi connectivity index (χ2n) is 4.58. The Bertz CT molecular complexity index is 705. The van der Waals surface area contributed by atoms with Crippen LogP contribution in [-0.4, -0.2) is 4.98 Å². The van der Waals surface area contributed by atoms with Crippen LogP contribution in [0.2, 0.25) is 0 Å². The largest absolute Gasteiger partial charge is 0.361 e. The van der Waals surface area contributed by atoms with Crippen molar-refractivity contribution in [2.24, 2.45) is 0 Å². The maximum atomic E-state index is 3.29. The van der Waals surface area contributed by atoms with Crippen molar-refractivity contribution in [2.75, 3.05) is 0 Å². The number of nitrogens with zero attached hydrogens (tertiary/aromatic N) is 1. The smallest absolute Gasteiger partial charge is 0.169 e. The molecule has 0 saturated heterocycles. The number of aromatic nitrogens is 2. The van der Waals surface area contributed by atoms with Crippen molar-refractivity contribution in [3.8, 4) is 0 Å². The van der Waals surface area contributed by atoms with E-state index >= 15 is 0 Å². The van der Waals surface area contributed by atoms with Crippen molar-refractivity contribution in [1.29, 1.82) is 0 Å². The topological polar surface area (TPSA) is 19.7 Å². The van der Waals surface area contributed by atoms with E-state index in [9.17, 15) is 0 Å². The van der Waals surface area contributed by atoms with E-state index in [1.807, 2.05) is 6.07 Å². The summed E-state index contributed by atoms with van der Waals surface area (Å²) in [5, 5.41) is 1.26. The van der Waals surface area contributed by atoms with E-state index in [4.69, 9.17) is 0 Å². The normalized spacial score (nSPS) is 11.4. The highest BCUT2D eigenvalue weighted by Crippen LogP contribution is 2.19. The van der Waals surface area contributed by atoms with E-state index in [1.165, 1.54) is 22.0 Å². The van der Waals surface area contributed by atoms with Gasteiger partial charge in [-0.1, -0.05) is 30.4 Å². The van der Waals surface area contributed by atoms with Crippen LogP contribution in [0.15, 0.2) is 55.0 Å². The third-order valence-electron chi connectivity index (χ3n) is 3.36. The molecule has 1 N–H and O–H groups in total. The van der Waals surface area contributed by atoms with Gasteiger partial charge in [-0.2, -0.15) is 0 Å². The molecule has 0 amide bonds. The van der Waals surface area contributed by atoms with Gasteiger partial charge in [0.2, 0.25) is 0 Å². The zero-order valence-electron chi connectivity index (χ0n) is 11.0. The van der Waals surface area contributed by atoms with Gasteiger partial charge in [-0.25, -0.2) is 4.57 Å². The van der Waals surface area contributed by atoms with E-state index < -0.39 is 0 Å². The molecule has 19 heavy (non-hydrogen) atoms. The molecule has 0 saturated carbocycles. The molecule has 0 atom stereocenters. The van der Waals surface area contributed by atoms with Crippen molar-refractivity contribution in [1.82, 2.24) is 4.98 Å². The molecule has 3 aromatic rings. The molecule has 2 heterocycles. The van der Waals surface area contributed by atoms with Gasteiger partial charge in [-0.15, -0.1) is 0 Å². The van der Waals surface area contributed by atoms with Crippen LogP contribution in [0.1, 0.15) is 18.1 Å². The molecular weight excluding hydrogens is 232 g/mol. The Kier molecular flexibility index (Phi) is 3.15. The Labute approximate surface area is 113 Å².